The van der Waals surface area contributed by atoms with E-state index in [4.69, 9.17) is 19.9 Å². The molecule has 32 heavy (non-hydrogen) atoms. The van der Waals surface area contributed by atoms with Gasteiger partial charge in [-0.1, -0.05) is 18.2 Å². The molecule has 2 N–H and O–H groups in total. The topological polar surface area (TPSA) is 77.3 Å². The maximum atomic E-state index is 12.7. The summed E-state index contributed by atoms with van der Waals surface area (Å²) >= 11 is 1.75. The van der Waals surface area contributed by atoms with Crippen LogP contribution in [-0.2, 0) is 14.2 Å². The number of cyclic esters (lactones) is 1. The average molecular weight is 458 g/mol. The average Bonchev–Trinajstić information content (AvgIpc) is 3.21. The van der Waals surface area contributed by atoms with E-state index < -0.39 is 0 Å². The molecule has 4 aliphatic rings. The van der Waals surface area contributed by atoms with Gasteiger partial charge in [-0.05, 0) is 55.9 Å². The Kier molecular flexibility index (Phi) is 7.32. The monoisotopic (exact) mass is 457 g/mol. The maximum absolute atomic E-state index is 12.7. The zero-order valence-corrected chi connectivity index (χ0v) is 19.5. The zero-order valence-electron chi connectivity index (χ0n) is 18.7. The van der Waals surface area contributed by atoms with Gasteiger partial charge in [-0.2, -0.15) is 0 Å². The molecule has 2 saturated heterocycles. The van der Waals surface area contributed by atoms with E-state index >= 15 is 0 Å². The molecule has 1 unspecified atom stereocenters. The minimum absolute atomic E-state index is 0.114. The lowest BCUT2D eigenvalue weighted by molar-refractivity contribution is 0.0905. The van der Waals surface area contributed by atoms with E-state index in [0.29, 0.717) is 6.42 Å². The highest BCUT2D eigenvalue weighted by molar-refractivity contribution is 8.01. The molecule has 7 nitrogen and oxygen atoms in total. The van der Waals surface area contributed by atoms with Gasteiger partial charge in [-0.15, -0.1) is 0 Å². The van der Waals surface area contributed by atoms with Gasteiger partial charge in [0.05, 0.1) is 19.9 Å². The number of fused-ring (bicyclic) bond motifs is 1. The Morgan fingerprint density at radius 1 is 1.12 bits per heavy atom. The molecule has 0 aromatic heterocycles. The van der Waals surface area contributed by atoms with Gasteiger partial charge in [0, 0.05) is 41.7 Å². The van der Waals surface area contributed by atoms with Crippen LogP contribution < -0.4 is 5.73 Å². The van der Waals surface area contributed by atoms with Gasteiger partial charge in [0.1, 0.15) is 12.4 Å². The van der Waals surface area contributed by atoms with Crippen LogP contribution in [0.2, 0.25) is 0 Å². The normalized spacial score (nSPS) is 24.8. The first-order valence-corrected chi connectivity index (χ1v) is 11.8. The lowest BCUT2D eigenvalue weighted by Crippen LogP contribution is -2.44. The number of hydrogen-bond acceptors (Lipinski definition) is 7. The summed E-state index contributed by atoms with van der Waals surface area (Å²) in [6.07, 6.45) is 16.2. The van der Waals surface area contributed by atoms with Crippen LogP contribution in [0.15, 0.2) is 69.8 Å². The minimum Gasteiger partial charge on any atom is -0.497 e. The molecule has 172 valence electrons. The van der Waals surface area contributed by atoms with Crippen LogP contribution in [0.5, 0.6) is 0 Å². The summed E-state index contributed by atoms with van der Waals surface area (Å²) in [4.78, 5) is 15.8. The minimum atomic E-state index is -0.250. The highest BCUT2D eigenvalue weighted by atomic mass is 32.2. The first kappa shape index (κ1) is 22.6. The number of methoxy groups -OCH3 is 2. The molecule has 0 aromatic carbocycles. The number of ether oxygens (including phenoxy) is 3. The van der Waals surface area contributed by atoms with Crippen molar-refractivity contribution < 1.29 is 19.0 Å². The molecular weight excluding hydrogens is 426 g/mol. The van der Waals surface area contributed by atoms with Gasteiger partial charge >= 0.3 is 6.09 Å². The van der Waals surface area contributed by atoms with Crippen molar-refractivity contribution >= 4 is 18.0 Å². The van der Waals surface area contributed by atoms with Gasteiger partial charge in [0.15, 0.2) is 5.76 Å². The highest BCUT2D eigenvalue weighted by Gasteiger charge is 2.35. The van der Waals surface area contributed by atoms with Crippen LogP contribution in [0.3, 0.4) is 0 Å². The van der Waals surface area contributed by atoms with Gasteiger partial charge in [0.2, 0.25) is 0 Å². The van der Waals surface area contributed by atoms with E-state index in [0.717, 1.165) is 67.3 Å². The molecule has 1 amide bonds. The molecule has 0 aromatic rings. The molecule has 2 aliphatic heterocycles. The zero-order chi connectivity index (χ0) is 22.5. The van der Waals surface area contributed by atoms with Crippen molar-refractivity contribution in [3.8, 4) is 0 Å². The second-order valence-corrected chi connectivity index (χ2v) is 9.24. The fraction of sp³-hybridized carbons (Fsp3) is 0.458. The number of allylic oxidation sites excluding steroid dienone is 6. The quantitative estimate of drug-likeness (QED) is 0.615. The van der Waals surface area contributed by atoms with E-state index in [1.165, 1.54) is 4.91 Å². The summed E-state index contributed by atoms with van der Waals surface area (Å²) in [6.45, 7) is 2.14. The molecule has 4 rings (SSSR count). The molecule has 2 fully saturated rings. The fourth-order valence-corrected chi connectivity index (χ4v) is 5.39. The van der Waals surface area contributed by atoms with E-state index in [2.05, 4.69) is 22.5 Å². The van der Waals surface area contributed by atoms with Crippen LogP contribution in [0, 0.1) is 0 Å². The molecular formula is C24H31N3O4S. The summed E-state index contributed by atoms with van der Waals surface area (Å²) in [5, 5.41) is 0. The fourth-order valence-electron chi connectivity index (χ4n) is 4.39. The molecule has 0 radical (unpaired) electrons. The van der Waals surface area contributed by atoms with Crippen molar-refractivity contribution in [3.63, 3.8) is 0 Å². The van der Waals surface area contributed by atoms with Crippen molar-refractivity contribution in [2.24, 2.45) is 5.73 Å². The first-order chi connectivity index (χ1) is 15.6. The molecule has 2 aliphatic carbocycles. The highest BCUT2D eigenvalue weighted by Crippen LogP contribution is 2.34. The van der Waals surface area contributed by atoms with Crippen LogP contribution in [-0.4, -0.2) is 55.3 Å². The number of nitrogens with zero attached hydrogens (tertiary/aromatic N) is 2. The predicted molar refractivity (Wildman–Crippen MR) is 126 cm³/mol. The Morgan fingerprint density at radius 2 is 2.00 bits per heavy atom. The lowest BCUT2D eigenvalue weighted by Gasteiger charge is -2.36. The standard InChI is InChI=1S/C24H31N3O4S/c1-29-22-10-8-20(9-11-23(22)30-2)32-26-13-4-6-19(12-14-26)27-21-7-3-5-18(25)15-17(21)16-31-24(27)28/h5,7-10,15,19H,3-4,6,11-14,16,25H2,1-2H3. The molecule has 0 saturated carbocycles. The number of hydrogen-bond donors (Lipinski definition) is 1. The number of carbonyl (C=O) groups excluding carboxylic acids is 1. The molecule has 0 spiro atoms. The van der Waals surface area contributed by atoms with Gasteiger partial charge in [-0.25, -0.2) is 9.10 Å². The van der Waals surface area contributed by atoms with Gasteiger partial charge in [0.25, 0.3) is 0 Å². The Labute approximate surface area is 194 Å². The van der Waals surface area contributed by atoms with Gasteiger partial charge in [-0.3, -0.25) is 4.90 Å². The second kappa shape index (κ2) is 10.4. The second-order valence-electron chi connectivity index (χ2n) is 8.07. The summed E-state index contributed by atoms with van der Waals surface area (Å²) in [5.74, 6) is 1.59. The van der Waals surface area contributed by atoms with Crippen molar-refractivity contribution in [2.75, 3.05) is 33.9 Å². The maximum Gasteiger partial charge on any atom is 0.414 e. The van der Waals surface area contributed by atoms with E-state index in [9.17, 15) is 4.79 Å². The number of nitrogens with two attached hydrogens (primary N) is 1. The van der Waals surface area contributed by atoms with E-state index in [1.54, 1.807) is 26.2 Å². The summed E-state index contributed by atoms with van der Waals surface area (Å²) in [5.41, 5.74) is 8.70. The molecule has 2 heterocycles. The van der Waals surface area contributed by atoms with E-state index in [-0.39, 0.29) is 18.7 Å². The first-order valence-electron chi connectivity index (χ1n) is 11.0. The van der Waals surface area contributed by atoms with E-state index in [1.807, 2.05) is 23.1 Å². The van der Waals surface area contributed by atoms with Crippen molar-refractivity contribution in [2.45, 2.75) is 38.1 Å². The predicted octanol–water partition coefficient (Wildman–Crippen LogP) is 4.35. The molecule has 1 atom stereocenters. The number of rotatable bonds is 5. The molecule has 8 heteroatoms. The smallest absolute Gasteiger partial charge is 0.414 e. The summed E-state index contributed by atoms with van der Waals surface area (Å²) < 4.78 is 18.7. The van der Waals surface area contributed by atoms with Crippen LogP contribution >= 0.6 is 11.9 Å². The van der Waals surface area contributed by atoms with Crippen LogP contribution in [0.25, 0.3) is 0 Å². The Bertz CT molecular complexity index is 932. The third kappa shape index (κ3) is 5.07. The van der Waals surface area contributed by atoms with Crippen molar-refractivity contribution in [3.05, 3.63) is 69.8 Å². The largest absolute Gasteiger partial charge is 0.497 e. The Hall–Kier alpha value is -2.58. The lowest BCUT2D eigenvalue weighted by atomic mass is 10.0. The third-order valence-corrected chi connectivity index (χ3v) is 7.16. The Morgan fingerprint density at radius 3 is 2.81 bits per heavy atom. The van der Waals surface area contributed by atoms with Crippen LogP contribution in [0.4, 0.5) is 4.79 Å². The third-order valence-electron chi connectivity index (χ3n) is 6.03. The summed E-state index contributed by atoms with van der Waals surface area (Å²) in [7, 11) is 3.33. The number of amides is 1. The Balaban J connectivity index is 1.41. The molecule has 0 bridgehead atoms. The summed E-state index contributed by atoms with van der Waals surface area (Å²) in [6, 6.07) is 0.114. The van der Waals surface area contributed by atoms with Crippen molar-refractivity contribution in [1.29, 1.82) is 0 Å². The SMILES string of the molecule is COC1=C(OC)CC=C(SN2CCCC(N3C(=O)OCC4=CC(N)=CCC=C43)CC2)C=C1. The van der Waals surface area contributed by atoms with Gasteiger partial charge < -0.3 is 19.9 Å². The van der Waals surface area contributed by atoms with Crippen LogP contribution in [0.1, 0.15) is 32.1 Å². The number of carbonyl (C=O) groups is 1. The van der Waals surface area contributed by atoms with Crippen molar-refractivity contribution in [1.82, 2.24) is 9.21 Å².